The Morgan fingerprint density at radius 3 is 2.46 bits per heavy atom. The number of carbonyl (C=O) groups is 1. The second-order valence-corrected chi connectivity index (χ2v) is 5.90. The lowest BCUT2D eigenvalue weighted by molar-refractivity contribution is 0.0967. The Hall–Kier alpha value is -3.21. The summed E-state index contributed by atoms with van der Waals surface area (Å²) >= 11 is 0. The third-order valence-corrected chi connectivity index (χ3v) is 4.10. The van der Waals surface area contributed by atoms with Crippen LogP contribution in [0, 0.1) is 12.7 Å². The summed E-state index contributed by atoms with van der Waals surface area (Å²) in [5.41, 5.74) is 1.23. The Morgan fingerprint density at radius 1 is 1.04 bits per heavy atom. The third-order valence-electron chi connectivity index (χ3n) is 4.10. The van der Waals surface area contributed by atoms with Crippen LogP contribution in [0.2, 0.25) is 0 Å². The highest BCUT2D eigenvalue weighted by atomic mass is 19.1. The van der Waals surface area contributed by atoms with E-state index in [-0.39, 0.29) is 35.7 Å². The molecule has 0 unspecified atom stereocenters. The molecular weight excluding hydrogens is 333 g/mol. The van der Waals surface area contributed by atoms with Crippen molar-refractivity contribution in [2.75, 3.05) is 0 Å². The quantitative estimate of drug-likeness (QED) is 0.636. The Morgan fingerprint density at radius 2 is 1.73 bits per heavy atom. The summed E-state index contributed by atoms with van der Waals surface area (Å²) in [6, 6.07) is 16.7. The molecule has 0 aliphatic rings. The number of nitrogens with zero attached hydrogens (tertiary/aromatic N) is 1. The number of carbonyl (C=O) groups excluding carboxylic acids is 1. The molecule has 0 radical (unpaired) electrons. The molecule has 0 saturated carbocycles. The van der Waals surface area contributed by atoms with Crippen molar-refractivity contribution >= 4 is 5.78 Å². The highest BCUT2D eigenvalue weighted by Gasteiger charge is 2.15. The third kappa shape index (κ3) is 3.88. The zero-order valence-electron chi connectivity index (χ0n) is 14.3. The Labute approximate surface area is 150 Å². The van der Waals surface area contributed by atoms with Gasteiger partial charge in [0, 0.05) is 12.3 Å². The van der Waals surface area contributed by atoms with Gasteiger partial charge in [0.2, 0.25) is 5.43 Å². The number of rotatable bonds is 6. The van der Waals surface area contributed by atoms with Crippen molar-refractivity contribution in [2.45, 2.75) is 20.1 Å². The standard InChI is InChI=1S/C21H18FNO3/c1-15-21(26-14-16-7-3-2-4-8-16)19(24)11-12-23(15)13-20(25)17-9-5-6-10-18(17)22/h2-12H,13-14H2,1H3. The molecule has 0 N–H and O–H groups in total. The maximum Gasteiger partial charge on any atom is 0.223 e. The molecule has 0 bridgehead atoms. The lowest BCUT2D eigenvalue weighted by Gasteiger charge is -2.14. The summed E-state index contributed by atoms with van der Waals surface area (Å²) in [7, 11) is 0. The molecule has 0 aliphatic heterocycles. The summed E-state index contributed by atoms with van der Waals surface area (Å²) < 4.78 is 21.1. The van der Waals surface area contributed by atoms with Crippen molar-refractivity contribution in [2.24, 2.45) is 0 Å². The van der Waals surface area contributed by atoms with E-state index in [0.29, 0.717) is 5.69 Å². The SMILES string of the molecule is Cc1c(OCc2ccccc2)c(=O)ccn1CC(=O)c1ccccc1F. The summed E-state index contributed by atoms with van der Waals surface area (Å²) in [6.07, 6.45) is 1.52. The van der Waals surface area contributed by atoms with Gasteiger partial charge < -0.3 is 9.30 Å². The first-order valence-corrected chi connectivity index (χ1v) is 8.21. The average molecular weight is 351 g/mol. The van der Waals surface area contributed by atoms with Crippen LogP contribution in [0.4, 0.5) is 4.39 Å². The first-order valence-electron chi connectivity index (χ1n) is 8.21. The molecule has 1 aromatic heterocycles. The molecule has 5 heteroatoms. The summed E-state index contributed by atoms with van der Waals surface area (Å²) in [6.45, 7) is 1.88. The predicted octanol–water partition coefficient (Wildman–Crippen LogP) is 3.76. The molecule has 1 heterocycles. The Kier molecular flexibility index (Phi) is 5.27. The minimum Gasteiger partial charge on any atom is -0.483 e. The number of hydrogen-bond acceptors (Lipinski definition) is 3. The lowest BCUT2D eigenvalue weighted by atomic mass is 10.1. The first kappa shape index (κ1) is 17.6. The molecular formula is C21H18FNO3. The number of Topliss-reactive ketones (excluding diaryl/α,β-unsaturated/α-hetero) is 1. The largest absolute Gasteiger partial charge is 0.483 e. The molecule has 3 aromatic rings. The topological polar surface area (TPSA) is 48.3 Å². The fraction of sp³-hybridized carbons (Fsp3) is 0.143. The van der Waals surface area contributed by atoms with Crippen LogP contribution in [-0.4, -0.2) is 10.4 Å². The number of aromatic nitrogens is 1. The van der Waals surface area contributed by atoms with E-state index in [9.17, 15) is 14.0 Å². The van der Waals surface area contributed by atoms with Crippen molar-refractivity contribution in [3.63, 3.8) is 0 Å². The second-order valence-electron chi connectivity index (χ2n) is 5.90. The molecule has 0 aliphatic carbocycles. The van der Waals surface area contributed by atoms with Gasteiger partial charge in [-0.2, -0.15) is 0 Å². The van der Waals surface area contributed by atoms with Gasteiger partial charge in [-0.25, -0.2) is 4.39 Å². The predicted molar refractivity (Wildman–Crippen MR) is 96.9 cm³/mol. The average Bonchev–Trinajstić information content (AvgIpc) is 2.65. The maximum atomic E-state index is 13.8. The summed E-state index contributed by atoms with van der Waals surface area (Å²) in [4.78, 5) is 24.5. The van der Waals surface area contributed by atoms with E-state index in [1.807, 2.05) is 30.3 Å². The molecule has 132 valence electrons. The minimum atomic E-state index is -0.559. The fourth-order valence-corrected chi connectivity index (χ4v) is 2.66. The molecule has 4 nitrogen and oxygen atoms in total. The van der Waals surface area contributed by atoms with Gasteiger partial charge in [-0.05, 0) is 24.6 Å². The monoisotopic (exact) mass is 351 g/mol. The van der Waals surface area contributed by atoms with Gasteiger partial charge in [-0.15, -0.1) is 0 Å². The molecule has 0 saturated heterocycles. The number of benzene rings is 2. The van der Waals surface area contributed by atoms with Crippen molar-refractivity contribution < 1.29 is 13.9 Å². The van der Waals surface area contributed by atoms with Gasteiger partial charge in [-0.3, -0.25) is 9.59 Å². The van der Waals surface area contributed by atoms with Gasteiger partial charge in [0.25, 0.3) is 0 Å². The first-order chi connectivity index (χ1) is 12.6. The van der Waals surface area contributed by atoms with Crippen LogP contribution in [-0.2, 0) is 13.2 Å². The van der Waals surface area contributed by atoms with Gasteiger partial charge >= 0.3 is 0 Å². The molecule has 2 aromatic carbocycles. The molecule has 0 fully saturated rings. The van der Waals surface area contributed by atoms with Crippen LogP contribution in [0.25, 0.3) is 0 Å². The molecule has 0 spiro atoms. The minimum absolute atomic E-state index is 0.0253. The van der Waals surface area contributed by atoms with Crippen molar-refractivity contribution in [3.05, 3.63) is 99.7 Å². The van der Waals surface area contributed by atoms with Crippen LogP contribution in [0.5, 0.6) is 5.75 Å². The van der Waals surface area contributed by atoms with Gasteiger partial charge in [0.05, 0.1) is 17.8 Å². The van der Waals surface area contributed by atoms with E-state index in [1.165, 1.54) is 30.5 Å². The van der Waals surface area contributed by atoms with Gasteiger partial charge in [0.1, 0.15) is 12.4 Å². The second kappa shape index (κ2) is 7.78. The fourth-order valence-electron chi connectivity index (χ4n) is 2.66. The van der Waals surface area contributed by atoms with Crippen molar-refractivity contribution in [1.82, 2.24) is 4.57 Å². The summed E-state index contributed by atoms with van der Waals surface area (Å²) in [5, 5.41) is 0. The normalized spacial score (nSPS) is 10.5. The maximum absolute atomic E-state index is 13.8. The van der Waals surface area contributed by atoms with Crippen LogP contribution in [0.1, 0.15) is 21.6 Å². The van der Waals surface area contributed by atoms with Gasteiger partial charge in [0.15, 0.2) is 11.5 Å². The van der Waals surface area contributed by atoms with E-state index >= 15 is 0 Å². The number of halogens is 1. The highest BCUT2D eigenvalue weighted by molar-refractivity contribution is 5.96. The molecule has 0 amide bonds. The molecule has 26 heavy (non-hydrogen) atoms. The number of pyridine rings is 1. The number of ketones is 1. The van der Waals surface area contributed by atoms with E-state index in [1.54, 1.807) is 17.6 Å². The van der Waals surface area contributed by atoms with E-state index in [4.69, 9.17) is 4.74 Å². The van der Waals surface area contributed by atoms with Crippen molar-refractivity contribution in [3.8, 4) is 5.75 Å². The van der Waals surface area contributed by atoms with Gasteiger partial charge in [-0.1, -0.05) is 42.5 Å². The van der Waals surface area contributed by atoms with E-state index in [2.05, 4.69) is 0 Å². The smallest absolute Gasteiger partial charge is 0.223 e. The molecule has 3 rings (SSSR count). The van der Waals surface area contributed by atoms with Crippen LogP contribution in [0.15, 0.2) is 71.7 Å². The Bertz CT molecular complexity index is 980. The van der Waals surface area contributed by atoms with E-state index < -0.39 is 5.82 Å². The Balaban J connectivity index is 1.82. The highest BCUT2D eigenvalue weighted by Crippen LogP contribution is 2.16. The van der Waals surface area contributed by atoms with Crippen LogP contribution >= 0.6 is 0 Å². The zero-order chi connectivity index (χ0) is 18.5. The summed E-state index contributed by atoms with van der Waals surface area (Å²) in [5.74, 6) is -0.738. The lowest BCUT2D eigenvalue weighted by Crippen LogP contribution is -2.19. The van der Waals surface area contributed by atoms with Crippen LogP contribution < -0.4 is 10.2 Å². The van der Waals surface area contributed by atoms with E-state index in [0.717, 1.165) is 5.56 Å². The van der Waals surface area contributed by atoms with Crippen LogP contribution in [0.3, 0.4) is 0 Å². The van der Waals surface area contributed by atoms with Crippen molar-refractivity contribution in [1.29, 1.82) is 0 Å². The number of ether oxygens (including phenoxy) is 1. The zero-order valence-corrected chi connectivity index (χ0v) is 14.3. The number of hydrogen-bond donors (Lipinski definition) is 0. The molecule has 0 atom stereocenters.